The van der Waals surface area contributed by atoms with Gasteiger partial charge in [-0.25, -0.2) is 4.39 Å². The van der Waals surface area contributed by atoms with Crippen molar-refractivity contribution in [2.75, 3.05) is 6.54 Å². The SMILES string of the molecule is Cc1cc(Br)ccc1-c1ccc(CNCCc2ccc(F)cc2)o1. The van der Waals surface area contributed by atoms with Crippen molar-refractivity contribution in [3.63, 3.8) is 0 Å². The van der Waals surface area contributed by atoms with Crippen LogP contribution >= 0.6 is 15.9 Å². The molecule has 0 saturated heterocycles. The Balaban J connectivity index is 1.53. The summed E-state index contributed by atoms with van der Waals surface area (Å²) in [7, 11) is 0. The number of furan rings is 1. The Hall–Kier alpha value is -1.91. The van der Waals surface area contributed by atoms with Crippen LogP contribution in [0.4, 0.5) is 4.39 Å². The average molecular weight is 388 g/mol. The minimum Gasteiger partial charge on any atom is -0.460 e. The van der Waals surface area contributed by atoms with Gasteiger partial charge in [-0.3, -0.25) is 0 Å². The minimum absolute atomic E-state index is 0.196. The summed E-state index contributed by atoms with van der Waals surface area (Å²) in [4.78, 5) is 0. The zero-order chi connectivity index (χ0) is 16.9. The zero-order valence-electron chi connectivity index (χ0n) is 13.5. The molecule has 0 fully saturated rings. The molecule has 0 atom stereocenters. The van der Waals surface area contributed by atoms with Crippen molar-refractivity contribution in [1.82, 2.24) is 5.32 Å². The maximum atomic E-state index is 12.9. The van der Waals surface area contributed by atoms with Gasteiger partial charge in [0.25, 0.3) is 0 Å². The first-order valence-corrected chi connectivity index (χ1v) is 8.71. The van der Waals surface area contributed by atoms with Crippen LogP contribution in [-0.2, 0) is 13.0 Å². The Bertz CT molecular complexity index is 811. The molecule has 0 bridgehead atoms. The fraction of sp³-hybridized carbons (Fsp3) is 0.200. The van der Waals surface area contributed by atoms with Crippen molar-refractivity contribution in [2.24, 2.45) is 0 Å². The van der Waals surface area contributed by atoms with Gasteiger partial charge in [-0.1, -0.05) is 28.1 Å². The van der Waals surface area contributed by atoms with Gasteiger partial charge in [0.2, 0.25) is 0 Å². The predicted molar refractivity (Wildman–Crippen MR) is 98.4 cm³/mol. The maximum absolute atomic E-state index is 12.9. The van der Waals surface area contributed by atoms with Crippen molar-refractivity contribution in [1.29, 1.82) is 0 Å². The molecular formula is C20H19BrFNO. The summed E-state index contributed by atoms with van der Waals surface area (Å²) in [5.74, 6) is 1.60. The van der Waals surface area contributed by atoms with E-state index in [9.17, 15) is 4.39 Å². The summed E-state index contributed by atoms with van der Waals surface area (Å²) in [6.45, 7) is 3.57. The molecule has 4 heteroatoms. The monoisotopic (exact) mass is 387 g/mol. The fourth-order valence-corrected chi connectivity index (χ4v) is 3.09. The largest absolute Gasteiger partial charge is 0.460 e. The first-order chi connectivity index (χ1) is 11.6. The van der Waals surface area contributed by atoms with Crippen molar-refractivity contribution < 1.29 is 8.81 Å². The van der Waals surface area contributed by atoms with Gasteiger partial charge in [0.05, 0.1) is 6.54 Å². The lowest BCUT2D eigenvalue weighted by atomic mass is 10.1. The highest BCUT2D eigenvalue weighted by atomic mass is 79.9. The highest BCUT2D eigenvalue weighted by Gasteiger charge is 2.07. The third-order valence-corrected chi connectivity index (χ3v) is 4.41. The molecule has 2 nitrogen and oxygen atoms in total. The van der Waals surface area contributed by atoms with Crippen LogP contribution < -0.4 is 5.32 Å². The molecule has 0 aliphatic carbocycles. The molecule has 3 rings (SSSR count). The lowest BCUT2D eigenvalue weighted by molar-refractivity contribution is 0.494. The molecule has 1 aromatic heterocycles. The summed E-state index contributed by atoms with van der Waals surface area (Å²) in [5, 5.41) is 3.36. The van der Waals surface area contributed by atoms with E-state index in [-0.39, 0.29) is 5.82 Å². The summed E-state index contributed by atoms with van der Waals surface area (Å²) in [6, 6.07) is 16.8. The molecule has 0 aliphatic rings. The second-order valence-corrected chi connectivity index (χ2v) is 6.69. The van der Waals surface area contributed by atoms with Crippen LogP contribution in [0.2, 0.25) is 0 Å². The van der Waals surface area contributed by atoms with Crippen LogP contribution in [0, 0.1) is 12.7 Å². The molecule has 124 valence electrons. The number of hydrogen-bond donors (Lipinski definition) is 1. The maximum Gasteiger partial charge on any atom is 0.134 e. The zero-order valence-corrected chi connectivity index (χ0v) is 15.1. The Kier molecular flexibility index (Phi) is 5.48. The molecule has 0 unspecified atom stereocenters. The molecule has 0 saturated carbocycles. The molecule has 3 aromatic rings. The van der Waals surface area contributed by atoms with Crippen LogP contribution in [0.3, 0.4) is 0 Å². The van der Waals surface area contributed by atoms with Crippen LogP contribution in [0.25, 0.3) is 11.3 Å². The number of halogens is 2. The van der Waals surface area contributed by atoms with E-state index >= 15 is 0 Å². The van der Waals surface area contributed by atoms with Gasteiger partial charge in [-0.2, -0.15) is 0 Å². The van der Waals surface area contributed by atoms with Crippen molar-refractivity contribution in [3.05, 3.63) is 81.8 Å². The van der Waals surface area contributed by atoms with Crippen LogP contribution in [-0.4, -0.2) is 6.54 Å². The molecular weight excluding hydrogens is 369 g/mol. The van der Waals surface area contributed by atoms with E-state index in [2.05, 4.69) is 40.3 Å². The van der Waals surface area contributed by atoms with E-state index in [4.69, 9.17) is 4.42 Å². The summed E-state index contributed by atoms with van der Waals surface area (Å²) in [5.41, 5.74) is 3.40. The van der Waals surface area contributed by atoms with Crippen LogP contribution in [0.15, 0.2) is 63.5 Å². The van der Waals surface area contributed by atoms with Gasteiger partial charge in [0.1, 0.15) is 17.3 Å². The van der Waals surface area contributed by atoms with Crippen LogP contribution in [0.5, 0.6) is 0 Å². The van der Waals surface area contributed by atoms with Gasteiger partial charge in [-0.15, -0.1) is 0 Å². The normalized spacial score (nSPS) is 11.0. The first-order valence-electron chi connectivity index (χ1n) is 7.92. The van der Waals surface area contributed by atoms with Crippen molar-refractivity contribution in [3.8, 4) is 11.3 Å². The average Bonchev–Trinajstić information content (AvgIpc) is 3.02. The number of rotatable bonds is 6. The van der Waals surface area contributed by atoms with E-state index in [1.165, 1.54) is 17.7 Å². The smallest absolute Gasteiger partial charge is 0.134 e. The first kappa shape index (κ1) is 16.9. The highest BCUT2D eigenvalue weighted by molar-refractivity contribution is 9.10. The van der Waals surface area contributed by atoms with E-state index < -0.39 is 0 Å². The van der Waals surface area contributed by atoms with Gasteiger partial charge >= 0.3 is 0 Å². The second kappa shape index (κ2) is 7.77. The van der Waals surface area contributed by atoms with E-state index in [1.54, 1.807) is 0 Å². The second-order valence-electron chi connectivity index (χ2n) is 5.78. The number of aryl methyl sites for hydroxylation is 1. The Morgan fingerprint density at radius 3 is 2.58 bits per heavy atom. The lowest BCUT2D eigenvalue weighted by Gasteiger charge is -2.05. The lowest BCUT2D eigenvalue weighted by Crippen LogP contribution is -2.16. The molecule has 2 aromatic carbocycles. The molecule has 0 radical (unpaired) electrons. The third-order valence-electron chi connectivity index (χ3n) is 3.92. The summed E-state index contributed by atoms with van der Waals surface area (Å²) in [6.07, 6.45) is 0.861. The number of hydrogen-bond acceptors (Lipinski definition) is 2. The predicted octanol–water partition coefficient (Wildman–Crippen LogP) is 5.49. The standard InChI is InChI=1S/C20H19BrFNO/c1-14-12-16(21)4-8-19(14)20-9-7-18(24-20)13-23-11-10-15-2-5-17(22)6-3-15/h2-9,12,23H,10-11,13H2,1H3. The Morgan fingerprint density at radius 2 is 1.83 bits per heavy atom. The van der Waals surface area contributed by atoms with Crippen molar-refractivity contribution in [2.45, 2.75) is 19.9 Å². The fourth-order valence-electron chi connectivity index (χ4n) is 2.62. The number of benzene rings is 2. The molecule has 0 spiro atoms. The Labute approximate surface area is 149 Å². The van der Waals surface area contributed by atoms with Gasteiger partial charge < -0.3 is 9.73 Å². The van der Waals surface area contributed by atoms with Gasteiger partial charge in [0, 0.05) is 10.0 Å². The van der Waals surface area contributed by atoms with Gasteiger partial charge in [-0.05, 0) is 73.5 Å². The molecule has 24 heavy (non-hydrogen) atoms. The molecule has 1 heterocycles. The highest BCUT2D eigenvalue weighted by Crippen LogP contribution is 2.27. The van der Waals surface area contributed by atoms with E-state index in [1.807, 2.05) is 30.3 Å². The quantitative estimate of drug-likeness (QED) is 0.565. The number of nitrogens with one attached hydrogen (secondary N) is 1. The van der Waals surface area contributed by atoms with Gasteiger partial charge in [0.15, 0.2) is 0 Å². The van der Waals surface area contributed by atoms with Crippen molar-refractivity contribution >= 4 is 15.9 Å². The van der Waals surface area contributed by atoms with Crippen LogP contribution in [0.1, 0.15) is 16.9 Å². The topological polar surface area (TPSA) is 25.2 Å². The molecule has 0 amide bonds. The third kappa shape index (κ3) is 4.34. The van der Waals surface area contributed by atoms with E-state index in [0.29, 0.717) is 6.54 Å². The summed E-state index contributed by atoms with van der Waals surface area (Å²) >= 11 is 3.48. The Morgan fingerprint density at radius 1 is 1.04 bits per heavy atom. The van der Waals surface area contributed by atoms with E-state index in [0.717, 1.165) is 40.1 Å². The summed E-state index contributed by atoms with van der Waals surface area (Å²) < 4.78 is 19.9. The minimum atomic E-state index is -0.196. The molecule has 1 N–H and O–H groups in total. The molecule has 0 aliphatic heterocycles.